The Bertz CT molecular complexity index is 482. The molecule has 2 rings (SSSR count). The van der Waals surface area contributed by atoms with Crippen molar-refractivity contribution in [3.63, 3.8) is 0 Å². The van der Waals surface area contributed by atoms with Gasteiger partial charge in [0.1, 0.15) is 5.60 Å². The lowest BCUT2D eigenvalue weighted by Crippen LogP contribution is -2.25. The van der Waals surface area contributed by atoms with Crippen LogP contribution in [-0.4, -0.2) is 10.1 Å². The first-order chi connectivity index (χ1) is 7.62. The summed E-state index contributed by atoms with van der Waals surface area (Å²) in [4.78, 5) is 4.21. The normalized spacial score (nSPS) is 14.4. The van der Waals surface area contributed by atoms with Gasteiger partial charge in [0.25, 0.3) is 0 Å². The summed E-state index contributed by atoms with van der Waals surface area (Å²) >= 11 is 2.22. The van der Waals surface area contributed by atoms with Crippen molar-refractivity contribution in [2.24, 2.45) is 0 Å². The van der Waals surface area contributed by atoms with Crippen molar-refractivity contribution < 1.29 is 5.11 Å². The maximum Gasteiger partial charge on any atom is 0.130 e. The molecule has 1 aromatic carbocycles. The van der Waals surface area contributed by atoms with Crippen LogP contribution in [0.15, 0.2) is 48.7 Å². The quantitative estimate of drug-likeness (QED) is 0.861. The van der Waals surface area contributed by atoms with Crippen molar-refractivity contribution in [3.8, 4) is 0 Å². The minimum Gasteiger partial charge on any atom is -0.379 e. The number of rotatable bonds is 2. The van der Waals surface area contributed by atoms with E-state index in [-0.39, 0.29) is 0 Å². The molecule has 0 bridgehead atoms. The Morgan fingerprint density at radius 1 is 1.12 bits per heavy atom. The largest absolute Gasteiger partial charge is 0.379 e. The van der Waals surface area contributed by atoms with Crippen LogP contribution in [0.2, 0.25) is 0 Å². The molecule has 3 heteroatoms. The van der Waals surface area contributed by atoms with Gasteiger partial charge in [-0.05, 0) is 47.7 Å². The van der Waals surface area contributed by atoms with Gasteiger partial charge in [0.05, 0.1) is 5.69 Å². The zero-order chi connectivity index (χ0) is 11.6. The van der Waals surface area contributed by atoms with Crippen LogP contribution in [0.1, 0.15) is 18.2 Å². The first-order valence-corrected chi connectivity index (χ1v) is 6.09. The van der Waals surface area contributed by atoms with E-state index >= 15 is 0 Å². The first-order valence-electron chi connectivity index (χ1n) is 5.01. The second-order valence-corrected chi connectivity index (χ2v) is 4.93. The van der Waals surface area contributed by atoms with Gasteiger partial charge >= 0.3 is 0 Å². The SMILES string of the molecule is CC(O)(c1ccccn1)c1ccccc1I. The van der Waals surface area contributed by atoms with Crippen LogP contribution in [0.25, 0.3) is 0 Å². The first kappa shape index (κ1) is 11.5. The van der Waals surface area contributed by atoms with Crippen LogP contribution in [-0.2, 0) is 5.60 Å². The van der Waals surface area contributed by atoms with Gasteiger partial charge in [-0.25, -0.2) is 0 Å². The molecule has 2 nitrogen and oxygen atoms in total. The van der Waals surface area contributed by atoms with Crippen LogP contribution in [0, 0.1) is 3.57 Å². The van der Waals surface area contributed by atoms with E-state index in [4.69, 9.17) is 0 Å². The monoisotopic (exact) mass is 325 g/mol. The summed E-state index contributed by atoms with van der Waals surface area (Å²) in [5, 5.41) is 10.6. The molecule has 0 aliphatic carbocycles. The Morgan fingerprint density at radius 3 is 2.44 bits per heavy atom. The maximum absolute atomic E-state index is 10.6. The molecule has 0 saturated carbocycles. The number of pyridine rings is 1. The molecule has 0 aliphatic heterocycles. The zero-order valence-electron chi connectivity index (χ0n) is 8.89. The lowest BCUT2D eigenvalue weighted by molar-refractivity contribution is 0.0965. The predicted molar refractivity (Wildman–Crippen MR) is 72.1 cm³/mol. The minimum atomic E-state index is -1.04. The molecule has 0 spiro atoms. The molecule has 1 atom stereocenters. The molecule has 82 valence electrons. The highest BCUT2D eigenvalue weighted by Gasteiger charge is 2.28. The standard InChI is InChI=1S/C13H12INO/c1-13(16,12-8-4-5-9-15-12)10-6-2-3-7-11(10)14/h2-9,16H,1H3. The summed E-state index contributed by atoms with van der Waals surface area (Å²) < 4.78 is 1.04. The van der Waals surface area contributed by atoms with Crippen LogP contribution in [0.4, 0.5) is 0 Å². The van der Waals surface area contributed by atoms with Gasteiger partial charge in [-0.15, -0.1) is 0 Å². The molecule has 1 unspecified atom stereocenters. The summed E-state index contributed by atoms with van der Waals surface area (Å²) in [5.41, 5.74) is 0.507. The summed E-state index contributed by atoms with van der Waals surface area (Å²) in [5.74, 6) is 0. The molecule has 0 amide bonds. The molecule has 2 aromatic rings. The van der Waals surface area contributed by atoms with Gasteiger partial charge in [-0.3, -0.25) is 4.98 Å². The average Bonchev–Trinajstić information content (AvgIpc) is 2.30. The van der Waals surface area contributed by atoms with Crippen molar-refractivity contribution >= 4 is 22.6 Å². The van der Waals surface area contributed by atoms with E-state index in [1.165, 1.54) is 0 Å². The minimum absolute atomic E-state index is 0.666. The number of aromatic nitrogens is 1. The molecule has 1 heterocycles. The molecular weight excluding hydrogens is 313 g/mol. The second-order valence-electron chi connectivity index (χ2n) is 3.77. The third-order valence-electron chi connectivity index (χ3n) is 2.56. The molecule has 16 heavy (non-hydrogen) atoms. The van der Waals surface area contributed by atoms with E-state index in [2.05, 4.69) is 27.6 Å². The van der Waals surface area contributed by atoms with E-state index in [1.54, 1.807) is 13.1 Å². The van der Waals surface area contributed by atoms with E-state index in [0.29, 0.717) is 5.69 Å². The topological polar surface area (TPSA) is 33.1 Å². The lowest BCUT2D eigenvalue weighted by atomic mass is 9.92. The van der Waals surface area contributed by atoms with E-state index < -0.39 is 5.60 Å². The van der Waals surface area contributed by atoms with Gasteiger partial charge in [0, 0.05) is 15.3 Å². The molecule has 0 saturated heterocycles. The number of halogens is 1. The lowest BCUT2D eigenvalue weighted by Gasteiger charge is -2.24. The maximum atomic E-state index is 10.6. The number of benzene rings is 1. The number of aliphatic hydroxyl groups is 1. The Balaban J connectivity index is 2.51. The summed E-state index contributed by atoms with van der Waals surface area (Å²) in [7, 11) is 0. The second kappa shape index (κ2) is 4.51. The van der Waals surface area contributed by atoms with Crippen LogP contribution in [0.5, 0.6) is 0 Å². The van der Waals surface area contributed by atoms with Crippen LogP contribution in [0.3, 0.4) is 0 Å². The van der Waals surface area contributed by atoms with E-state index in [0.717, 1.165) is 9.13 Å². The van der Waals surface area contributed by atoms with Crippen LogP contribution < -0.4 is 0 Å². The third kappa shape index (κ3) is 2.10. The Hall–Kier alpha value is -0.940. The number of hydrogen-bond donors (Lipinski definition) is 1. The van der Waals surface area contributed by atoms with Gasteiger partial charge in [0.15, 0.2) is 0 Å². The van der Waals surface area contributed by atoms with Crippen molar-refractivity contribution in [1.29, 1.82) is 0 Å². The highest BCUT2D eigenvalue weighted by Crippen LogP contribution is 2.30. The highest BCUT2D eigenvalue weighted by atomic mass is 127. The van der Waals surface area contributed by atoms with E-state index in [9.17, 15) is 5.11 Å². The number of hydrogen-bond acceptors (Lipinski definition) is 2. The smallest absolute Gasteiger partial charge is 0.130 e. The summed E-state index contributed by atoms with van der Waals surface area (Å²) in [6.45, 7) is 1.77. The van der Waals surface area contributed by atoms with Gasteiger partial charge in [-0.1, -0.05) is 24.3 Å². The highest BCUT2D eigenvalue weighted by molar-refractivity contribution is 14.1. The molecule has 1 aromatic heterocycles. The molecule has 0 fully saturated rings. The molecule has 0 aliphatic rings. The van der Waals surface area contributed by atoms with Gasteiger partial charge < -0.3 is 5.11 Å². The van der Waals surface area contributed by atoms with E-state index in [1.807, 2.05) is 42.5 Å². The Labute approximate surface area is 108 Å². The fraction of sp³-hybridized carbons (Fsp3) is 0.154. The van der Waals surface area contributed by atoms with Gasteiger partial charge in [-0.2, -0.15) is 0 Å². The fourth-order valence-corrected chi connectivity index (χ4v) is 2.56. The third-order valence-corrected chi connectivity index (χ3v) is 3.50. The van der Waals surface area contributed by atoms with Crippen molar-refractivity contribution in [3.05, 3.63) is 63.5 Å². The Morgan fingerprint density at radius 2 is 1.81 bits per heavy atom. The van der Waals surface area contributed by atoms with Gasteiger partial charge in [0.2, 0.25) is 0 Å². The van der Waals surface area contributed by atoms with Crippen molar-refractivity contribution in [2.75, 3.05) is 0 Å². The fourth-order valence-electron chi connectivity index (χ4n) is 1.64. The molecule has 0 radical (unpaired) electrons. The zero-order valence-corrected chi connectivity index (χ0v) is 11.0. The van der Waals surface area contributed by atoms with Crippen molar-refractivity contribution in [2.45, 2.75) is 12.5 Å². The average molecular weight is 325 g/mol. The number of nitrogens with zero attached hydrogens (tertiary/aromatic N) is 1. The molecule has 1 N–H and O–H groups in total. The summed E-state index contributed by atoms with van der Waals surface area (Å²) in [6, 6.07) is 13.4. The molecular formula is C13H12INO. The summed E-state index contributed by atoms with van der Waals surface area (Å²) in [6.07, 6.45) is 1.69. The van der Waals surface area contributed by atoms with Crippen LogP contribution >= 0.6 is 22.6 Å². The van der Waals surface area contributed by atoms with Crippen molar-refractivity contribution in [1.82, 2.24) is 4.98 Å². The predicted octanol–water partition coefficient (Wildman–Crippen LogP) is 2.94. The Kier molecular flexibility index (Phi) is 3.25.